The number of nitrogens with zero attached hydrogens (tertiary/aromatic N) is 1. The standard InChI is InChI=1S/C17H23FN2O3/c18-14-4-1-3-13(11-14)15(20-7-9-23-10-8-20)16(21)19-12-17(22)5-2-6-17/h1,3-4,11,15,22H,2,5-10,12H2,(H,19,21). The van der Waals surface area contributed by atoms with Gasteiger partial charge in [-0.25, -0.2) is 4.39 Å². The van der Waals surface area contributed by atoms with Crippen LogP contribution in [0.4, 0.5) is 4.39 Å². The monoisotopic (exact) mass is 322 g/mol. The molecule has 1 aliphatic carbocycles. The molecular formula is C17H23FN2O3. The van der Waals surface area contributed by atoms with E-state index >= 15 is 0 Å². The molecule has 0 bridgehead atoms. The van der Waals surface area contributed by atoms with Gasteiger partial charge in [-0.3, -0.25) is 9.69 Å². The van der Waals surface area contributed by atoms with Crippen molar-refractivity contribution in [3.8, 4) is 0 Å². The van der Waals surface area contributed by atoms with E-state index in [1.54, 1.807) is 12.1 Å². The Kier molecular flexibility index (Phi) is 4.94. The predicted molar refractivity (Wildman–Crippen MR) is 83.3 cm³/mol. The lowest BCUT2D eigenvalue weighted by Gasteiger charge is -2.38. The fourth-order valence-corrected chi connectivity index (χ4v) is 3.15. The molecule has 5 nitrogen and oxygen atoms in total. The molecule has 0 spiro atoms. The highest BCUT2D eigenvalue weighted by molar-refractivity contribution is 5.83. The molecule has 1 heterocycles. The molecule has 0 radical (unpaired) electrons. The van der Waals surface area contributed by atoms with Crippen LogP contribution in [0.3, 0.4) is 0 Å². The molecule has 1 atom stereocenters. The maximum atomic E-state index is 13.6. The van der Waals surface area contributed by atoms with Crippen LogP contribution in [0.25, 0.3) is 0 Å². The quantitative estimate of drug-likeness (QED) is 0.856. The summed E-state index contributed by atoms with van der Waals surface area (Å²) in [5, 5.41) is 13.0. The smallest absolute Gasteiger partial charge is 0.242 e. The van der Waals surface area contributed by atoms with Gasteiger partial charge < -0.3 is 15.2 Å². The Balaban J connectivity index is 1.74. The van der Waals surface area contributed by atoms with E-state index in [1.807, 2.05) is 4.90 Å². The molecular weight excluding hydrogens is 299 g/mol. The van der Waals surface area contributed by atoms with E-state index in [2.05, 4.69) is 5.32 Å². The van der Waals surface area contributed by atoms with Crippen molar-refractivity contribution in [2.24, 2.45) is 0 Å². The Bertz CT molecular complexity index is 557. The van der Waals surface area contributed by atoms with Crippen molar-refractivity contribution in [3.05, 3.63) is 35.6 Å². The van der Waals surface area contributed by atoms with Crippen LogP contribution in [0.2, 0.25) is 0 Å². The SMILES string of the molecule is O=C(NCC1(O)CCC1)C(c1cccc(F)c1)N1CCOCC1. The third kappa shape index (κ3) is 3.88. The van der Waals surface area contributed by atoms with Gasteiger partial charge in [0, 0.05) is 19.6 Å². The molecule has 2 N–H and O–H groups in total. The lowest BCUT2D eigenvalue weighted by Crippen LogP contribution is -2.51. The van der Waals surface area contributed by atoms with Gasteiger partial charge in [0.2, 0.25) is 5.91 Å². The summed E-state index contributed by atoms with van der Waals surface area (Å²) in [5.74, 6) is -0.552. The number of carbonyl (C=O) groups is 1. The van der Waals surface area contributed by atoms with Crippen molar-refractivity contribution < 1.29 is 19.0 Å². The van der Waals surface area contributed by atoms with Gasteiger partial charge in [0.15, 0.2) is 0 Å². The topological polar surface area (TPSA) is 61.8 Å². The van der Waals surface area contributed by atoms with Gasteiger partial charge in [0.1, 0.15) is 11.9 Å². The number of amides is 1. The molecule has 1 unspecified atom stereocenters. The van der Waals surface area contributed by atoms with Crippen molar-refractivity contribution in [1.82, 2.24) is 10.2 Å². The first-order valence-corrected chi connectivity index (χ1v) is 8.15. The fourth-order valence-electron chi connectivity index (χ4n) is 3.15. The first-order valence-electron chi connectivity index (χ1n) is 8.15. The molecule has 2 aliphatic rings. The molecule has 2 fully saturated rings. The Morgan fingerprint density at radius 2 is 2.13 bits per heavy atom. The minimum absolute atomic E-state index is 0.196. The predicted octanol–water partition coefficient (Wildman–Crippen LogP) is 1.23. The lowest BCUT2D eigenvalue weighted by molar-refractivity contribution is -0.131. The maximum absolute atomic E-state index is 13.6. The zero-order valence-corrected chi connectivity index (χ0v) is 13.1. The summed E-state index contributed by atoms with van der Waals surface area (Å²) in [6, 6.07) is 5.59. The van der Waals surface area contributed by atoms with Crippen LogP contribution >= 0.6 is 0 Å². The molecule has 126 valence electrons. The van der Waals surface area contributed by atoms with E-state index in [-0.39, 0.29) is 18.3 Å². The summed E-state index contributed by atoms with van der Waals surface area (Å²) in [6.45, 7) is 2.62. The summed E-state index contributed by atoms with van der Waals surface area (Å²) in [4.78, 5) is 14.7. The van der Waals surface area contributed by atoms with Crippen LogP contribution < -0.4 is 5.32 Å². The highest BCUT2D eigenvalue weighted by Gasteiger charge is 2.36. The molecule has 1 saturated heterocycles. The van der Waals surface area contributed by atoms with Crippen molar-refractivity contribution in [3.63, 3.8) is 0 Å². The van der Waals surface area contributed by atoms with Gasteiger partial charge in [-0.1, -0.05) is 12.1 Å². The Hall–Kier alpha value is -1.50. The van der Waals surface area contributed by atoms with E-state index in [0.29, 0.717) is 31.9 Å². The van der Waals surface area contributed by atoms with E-state index < -0.39 is 11.6 Å². The average Bonchev–Trinajstić information content (AvgIpc) is 2.52. The molecule has 23 heavy (non-hydrogen) atoms. The summed E-state index contributed by atoms with van der Waals surface area (Å²) < 4.78 is 18.9. The van der Waals surface area contributed by atoms with Crippen molar-refractivity contribution in [1.29, 1.82) is 0 Å². The number of aliphatic hydroxyl groups is 1. The second kappa shape index (κ2) is 6.95. The van der Waals surface area contributed by atoms with Gasteiger partial charge in [-0.2, -0.15) is 0 Å². The summed E-state index contributed by atoms with van der Waals surface area (Å²) >= 11 is 0. The maximum Gasteiger partial charge on any atom is 0.242 e. The van der Waals surface area contributed by atoms with Crippen LogP contribution in [-0.4, -0.2) is 54.4 Å². The van der Waals surface area contributed by atoms with Gasteiger partial charge in [-0.15, -0.1) is 0 Å². The second-order valence-corrected chi connectivity index (χ2v) is 6.40. The van der Waals surface area contributed by atoms with Crippen LogP contribution in [0.5, 0.6) is 0 Å². The van der Waals surface area contributed by atoms with Crippen LogP contribution in [0.1, 0.15) is 30.9 Å². The summed E-state index contributed by atoms with van der Waals surface area (Å²) in [7, 11) is 0. The zero-order valence-electron chi connectivity index (χ0n) is 13.1. The first kappa shape index (κ1) is 16.4. The Morgan fingerprint density at radius 1 is 1.39 bits per heavy atom. The third-order valence-electron chi connectivity index (χ3n) is 4.70. The normalized spacial score (nSPS) is 22.2. The van der Waals surface area contributed by atoms with Crippen LogP contribution in [0, 0.1) is 5.82 Å². The zero-order chi connectivity index (χ0) is 16.3. The van der Waals surface area contributed by atoms with E-state index in [4.69, 9.17) is 4.74 Å². The Labute approximate surface area is 135 Å². The minimum atomic E-state index is -0.771. The van der Waals surface area contributed by atoms with Gasteiger partial charge in [-0.05, 0) is 37.0 Å². The van der Waals surface area contributed by atoms with Crippen molar-refractivity contribution >= 4 is 5.91 Å². The number of morpholine rings is 1. The molecule has 0 aromatic heterocycles. The van der Waals surface area contributed by atoms with Gasteiger partial charge in [0.25, 0.3) is 0 Å². The number of hydrogen-bond donors (Lipinski definition) is 2. The molecule has 1 amide bonds. The molecule has 1 saturated carbocycles. The number of rotatable bonds is 5. The van der Waals surface area contributed by atoms with E-state index in [1.165, 1.54) is 12.1 Å². The van der Waals surface area contributed by atoms with Crippen molar-refractivity contribution in [2.45, 2.75) is 30.9 Å². The van der Waals surface area contributed by atoms with E-state index in [0.717, 1.165) is 19.3 Å². The molecule has 1 aliphatic heterocycles. The number of ether oxygens (including phenoxy) is 1. The molecule has 3 rings (SSSR count). The molecule has 1 aromatic carbocycles. The summed E-state index contributed by atoms with van der Waals surface area (Å²) in [6.07, 6.45) is 2.42. The third-order valence-corrected chi connectivity index (χ3v) is 4.70. The number of hydrogen-bond acceptors (Lipinski definition) is 4. The molecule has 1 aromatic rings. The number of nitrogens with one attached hydrogen (secondary N) is 1. The fraction of sp³-hybridized carbons (Fsp3) is 0.588. The number of benzene rings is 1. The van der Waals surface area contributed by atoms with Crippen molar-refractivity contribution in [2.75, 3.05) is 32.8 Å². The highest BCUT2D eigenvalue weighted by Crippen LogP contribution is 2.31. The Morgan fingerprint density at radius 3 is 2.74 bits per heavy atom. The van der Waals surface area contributed by atoms with Gasteiger partial charge >= 0.3 is 0 Å². The average molecular weight is 322 g/mol. The minimum Gasteiger partial charge on any atom is -0.388 e. The lowest BCUT2D eigenvalue weighted by atomic mass is 9.80. The van der Waals surface area contributed by atoms with Crippen LogP contribution in [0.15, 0.2) is 24.3 Å². The van der Waals surface area contributed by atoms with Crippen LogP contribution in [-0.2, 0) is 9.53 Å². The first-order chi connectivity index (χ1) is 11.1. The van der Waals surface area contributed by atoms with Gasteiger partial charge in [0.05, 0.1) is 18.8 Å². The molecule has 6 heteroatoms. The number of halogens is 1. The highest BCUT2D eigenvalue weighted by atomic mass is 19.1. The number of carbonyl (C=O) groups excluding carboxylic acids is 1. The summed E-state index contributed by atoms with van der Waals surface area (Å²) in [5.41, 5.74) is -0.141. The largest absolute Gasteiger partial charge is 0.388 e. The second-order valence-electron chi connectivity index (χ2n) is 6.40. The van der Waals surface area contributed by atoms with E-state index in [9.17, 15) is 14.3 Å².